The summed E-state index contributed by atoms with van der Waals surface area (Å²) in [5.41, 5.74) is 0. The van der Waals surface area contributed by atoms with Gasteiger partial charge in [0.05, 0.1) is 12.8 Å². The Morgan fingerprint density at radius 1 is 0.167 bits per heavy atom. The van der Waals surface area contributed by atoms with Gasteiger partial charge in [0.1, 0.15) is 13.2 Å². The summed E-state index contributed by atoms with van der Waals surface area (Å²) in [5, 5.41) is 113. The second-order valence-electron chi connectivity index (χ2n) is 14.3. The SMILES string of the molecule is O=C(O)CCC(=O)O.O=C(O)CCCC(=O)O.O=C(O)CCCCC(=O)O.O=C(O)CCCCC(=O)O.O=C(O)CCCCCCC(=O)O.O=C(O)CCCCCCCCC(=O)O.O=C(O)COCC(=O)O. The Balaban J connectivity index is -0.000000138. The van der Waals surface area contributed by atoms with Crippen molar-refractivity contribution < 1.29 is 143 Å². The molecule has 0 amide bonds. The molecule has 0 rings (SSSR count). The van der Waals surface area contributed by atoms with Crippen molar-refractivity contribution in [2.24, 2.45) is 0 Å². The summed E-state index contributed by atoms with van der Waals surface area (Å²) in [5.74, 6) is -12.9. The van der Waals surface area contributed by atoms with E-state index in [2.05, 4.69) is 4.74 Å². The van der Waals surface area contributed by atoms with Crippen LogP contribution >= 0.6 is 0 Å². The van der Waals surface area contributed by atoms with Crippen LogP contribution < -0.4 is 0 Å². The maximum atomic E-state index is 10.1. The summed E-state index contributed by atoms with van der Waals surface area (Å²) in [6.07, 6.45) is 10.6. The third-order valence-electron chi connectivity index (χ3n) is 7.41. The van der Waals surface area contributed by atoms with Crippen LogP contribution in [-0.2, 0) is 71.9 Å². The first kappa shape index (κ1) is 78.7. The Hall–Kier alpha value is -7.46. The quantitative estimate of drug-likeness (QED) is 0.0377. The van der Waals surface area contributed by atoms with E-state index in [4.69, 9.17) is 71.5 Å². The van der Waals surface area contributed by atoms with Crippen molar-refractivity contribution in [3.8, 4) is 0 Å². The summed E-state index contributed by atoms with van der Waals surface area (Å²) in [6.45, 7) is -1.13. The van der Waals surface area contributed by atoms with E-state index in [1.54, 1.807) is 0 Å². The number of carbonyl (C=O) groups is 14. The van der Waals surface area contributed by atoms with Gasteiger partial charge in [0.15, 0.2) is 0 Å². The van der Waals surface area contributed by atoms with Crippen molar-refractivity contribution in [1.82, 2.24) is 0 Å². The molecule has 0 saturated carbocycles. The van der Waals surface area contributed by atoms with Crippen molar-refractivity contribution in [2.45, 2.75) is 173 Å². The Morgan fingerprint density at radius 2 is 0.292 bits per heavy atom. The standard InChI is InChI=1S/C10H18O4.C8H14O4.2C6H10O4.C5H8O4.C4H6O5.C4H6O4/c11-9(12)7-5-3-1-2-4-6-8-10(13)14;9-7(10)5-3-1-2-4-6-8(11)12;2*7-5(8)3-1-2-4-6(9)10;6-4(7)2-1-3-5(8)9;5-3(6)1-9-2-4(7)8;5-3(6)1-2-4(7)8/h1-8H2,(H,11,12)(H,13,14);1-6H2,(H,9,10)(H,11,12);2*1-4H2,(H,7,8)(H,9,10);1-3H2,(H,6,7)(H,8,9);1-2H2,(H,5,6)(H,7,8);1-2H2,(H,5,6)(H,7,8). The number of carboxylic acids is 14. The Morgan fingerprint density at radius 3 is 0.431 bits per heavy atom. The van der Waals surface area contributed by atoms with Gasteiger partial charge in [0.25, 0.3) is 0 Å². The smallest absolute Gasteiger partial charge is 0.329 e. The fraction of sp³-hybridized carbons (Fsp3) is 0.674. The molecule has 0 aromatic rings. The van der Waals surface area contributed by atoms with Crippen LogP contribution in [0.5, 0.6) is 0 Å². The average molecular weight is 1050 g/mol. The van der Waals surface area contributed by atoms with Crippen LogP contribution in [-0.4, -0.2) is 168 Å². The summed E-state index contributed by atoms with van der Waals surface area (Å²) in [6, 6.07) is 0. The van der Waals surface area contributed by atoms with Crippen molar-refractivity contribution in [2.75, 3.05) is 13.2 Å². The first-order valence-corrected chi connectivity index (χ1v) is 22.0. The maximum Gasteiger partial charge on any atom is 0.329 e. The fourth-order valence-electron chi connectivity index (χ4n) is 4.10. The summed E-state index contributed by atoms with van der Waals surface area (Å²) in [7, 11) is 0. The number of rotatable bonds is 37. The summed E-state index contributed by atoms with van der Waals surface area (Å²) in [4.78, 5) is 138. The maximum absolute atomic E-state index is 10.1. The first-order chi connectivity index (χ1) is 33.4. The zero-order valence-electron chi connectivity index (χ0n) is 39.9. The molecular weight excluding hydrogens is 980 g/mol. The van der Waals surface area contributed by atoms with Gasteiger partial charge in [0, 0.05) is 64.2 Å². The van der Waals surface area contributed by atoms with Gasteiger partial charge >= 0.3 is 83.6 Å². The van der Waals surface area contributed by atoms with E-state index in [0.717, 1.165) is 51.4 Å². The molecule has 0 aliphatic rings. The minimum atomic E-state index is -1.17. The molecule has 0 aromatic carbocycles. The molecule has 14 N–H and O–H groups in total. The van der Waals surface area contributed by atoms with Crippen LogP contribution in [0.3, 0.4) is 0 Å². The lowest BCUT2D eigenvalue weighted by Crippen LogP contribution is -2.13. The molecule has 0 saturated heterocycles. The Bertz CT molecular complexity index is 1400. The minimum absolute atomic E-state index is 0.0628. The normalized spacial score (nSPS) is 9.28. The molecule has 0 heterocycles. The Labute approximate surface area is 413 Å². The van der Waals surface area contributed by atoms with E-state index in [9.17, 15) is 67.1 Å². The molecule has 0 aliphatic heterocycles. The zero-order valence-corrected chi connectivity index (χ0v) is 39.9. The molecule has 0 spiro atoms. The van der Waals surface area contributed by atoms with Crippen molar-refractivity contribution in [1.29, 1.82) is 0 Å². The van der Waals surface area contributed by atoms with E-state index < -0.39 is 96.8 Å². The molecule has 29 nitrogen and oxygen atoms in total. The van der Waals surface area contributed by atoms with Gasteiger partial charge in [0.2, 0.25) is 0 Å². The van der Waals surface area contributed by atoms with Gasteiger partial charge in [-0.2, -0.15) is 0 Å². The lowest BCUT2D eigenvalue weighted by atomic mass is 10.1. The fourth-order valence-corrected chi connectivity index (χ4v) is 4.10. The third kappa shape index (κ3) is 125. The van der Waals surface area contributed by atoms with Crippen LogP contribution in [0.15, 0.2) is 0 Å². The predicted molar refractivity (Wildman–Crippen MR) is 242 cm³/mol. The third-order valence-corrected chi connectivity index (χ3v) is 7.41. The van der Waals surface area contributed by atoms with Crippen LogP contribution in [0, 0.1) is 0 Å². The topological polar surface area (TPSA) is 531 Å². The highest BCUT2D eigenvalue weighted by atomic mass is 16.5. The Kier molecular flexibility index (Phi) is 65.2. The van der Waals surface area contributed by atoms with Crippen molar-refractivity contribution in [3.63, 3.8) is 0 Å². The molecule has 418 valence electrons. The second kappa shape index (κ2) is 59.7. The number of hydrogen-bond acceptors (Lipinski definition) is 15. The molecule has 0 aromatic heterocycles. The average Bonchev–Trinajstić information content (AvgIpc) is 3.23. The lowest BCUT2D eigenvalue weighted by molar-refractivity contribution is -0.149. The van der Waals surface area contributed by atoms with Crippen molar-refractivity contribution in [3.05, 3.63) is 0 Å². The predicted octanol–water partition coefficient (Wildman–Crippen LogP) is 4.64. The highest BCUT2D eigenvalue weighted by molar-refractivity contribution is 5.75. The van der Waals surface area contributed by atoms with Crippen LogP contribution in [0.25, 0.3) is 0 Å². The minimum Gasteiger partial charge on any atom is -0.481 e. The van der Waals surface area contributed by atoms with Gasteiger partial charge in [-0.25, -0.2) is 9.59 Å². The zero-order chi connectivity index (χ0) is 57.3. The van der Waals surface area contributed by atoms with Crippen molar-refractivity contribution >= 4 is 83.6 Å². The summed E-state index contributed by atoms with van der Waals surface area (Å²) >= 11 is 0. The van der Waals surface area contributed by atoms with E-state index in [1.807, 2.05) is 0 Å². The molecule has 29 heteroatoms. The molecule has 0 fully saturated rings. The van der Waals surface area contributed by atoms with Crippen LogP contribution in [0.1, 0.15) is 173 Å². The molecule has 72 heavy (non-hydrogen) atoms. The van der Waals surface area contributed by atoms with E-state index >= 15 is 0 Å². The van der Waals surface area contributed by atoms with Crippen LogP contribution in [0.4, 0.5) is 0 Å². The number of carboxylic acid groups (broad SMARTS) is 14. The molecule has 0 radical (unpaired) electrons. The molecule has 0 unspecified atom stereocenters. The van der Waals surface area contributed by atoms with Crippen LogP contribution in [0.2, 0.25) is 0 Å². The number of aliphatic carboxylic acids is 14. The molecule has 0 atom stereocenters. The first-order valence-electron chi connectivity index (χ1n) is 22.0. The number of ether oxygens (including phenoxy) is 1. The van der Waals surface area contributed by atoms with Gasteiger partial charge < -0.3 is 76.2 Å². The summed E-state index contributed by atoms with van der Waals surface area (Å²) < 4.78 is 4.16. The van der Waals surface area contributed by atoms with E-state index in [0.29, 0.717) is 38.5 Å². The number of unbranched alkanes of at least 4 members (excludes halogenated alkanes) is 10. The second-order valence-corrected chi connectivity index (χ2v) is 14.3. The van der Waals surface area contributed by atoms with E-state index in [-0.39, 0.29) is 83.5 Å². The highest BCUT2D eigenvalue weighted by Crippen LogP contribution is 2.09. The monoisotopic (exact) mass is 1050 g/mol. The highest BCUT2D eigenvalue weighted by Gasteiger charge is 2.04. The van der Waals surface area contributed by atoms with Gasteiger partial charge in [-0.05, 0) is 57.8 Å². The van der Waals surface area contributed by atoms with Gasteiger partial charge in [-0.1, -0.05) is 38.5 Å². The van der Waals surface area contributed by atoms with Gasteiger partial charge in [-0.3, -0.25) is 57.5 Å². The largest absolute Gasteiger partial charge is 0.481 e. The number of hydrogen-bond donors (Lipinski definition) is 14. The van der Waals surface area contributed by atoms with Gasteiger partial charge in [-0.15, -0.1) is 0 Å². The van der Waals surface area contributed by atoms with E-state index in [1.165, 1.54) is 0 Å². The molecule has 0 bridgehead atoms. The lowest BCUT2D eigenvalue weighted by Gasteiger charge is -1.98. The molecule has 0 aliphatic carbocycles. The molecular formula is C43H72O29.